The summed E-state index contributed by atoms with van der Waals surface area (Å²) in [6, 6.07) is 3.19. The molecule has 12 heteroatoms. The number of benzene rings is 1. The first-order valence-electron chi connectivity index (χ1n) is 11.0. The molecule has 1 aromatic carbocycles. The average molecular weight is 480 g/mol. The number of nitrogens with zero attached hydrogens (tertiary/aromatic N) is 3. The smallest absolute Gasteiger partial charge is 0.250 e. The lowest BCUT2D eigenvalue weighted by molar-refractivity contribution is -0.139. The van der Waals surface area contributed by atoms with Gasteiger partial charge in [-0.25, -0.2) is 8.42 Å². The molecule has 2 aliphatic heterocycles. The van der Waals surface area contributed by atoms with Crippen LogP contribution in [0.25, 0.3) is 0 Å². The summed E-state index contributed by atoms with van der Waals surface area (Å²) >= 11 is 0. The van der Waals surface area contributed by atoms with Crippen molar-refractivity contribution in [3.8, 4) is 5.75 Å². The van der Waals surface area contributed by atoms with Gasteiger partial charge in [-0.2, -0.15) is 4.72 Å². The lowest BCUT2D eigenvalue weighted by Gasteiger charge is -2.36. The molecule has 0 unspecified atom stereocenters. The predicted molar refractivity (Wildman–Crippen MR) is 119 cm³/mol. The molecule has 0 bridgehead atoms. The number of sulfonamides is 1. The van der Waals surface area contributed by atoms with Crippen molar-refractivity contribution in [1.29, 1.82) is 0 Å². The first-order chi connectivity index (χ1) is 15.7. The minimum absolute atomic E-state index is 0.0334. The summed E-state index contributed by atoms with van der Waals surface area (Å²) in [6.07, 6.45) is 3.33. The van der Waals surface area contributed by atoms with Gasteiger partial charge in [0.2, 0.25) is 21.8 Å². The first kappa shape index (κ1) is 23.5. The minimum Gasteiger partial charge on any atom is -0.493 e. The molecule has 3 fully saturated rings. The number of primary amides is 1. The maximum absolute atomic E-state index is 13.2. The Labute approximate surface area is 192 Å². The number of anilines is 1. The predicted octanol–water partition coefficient (Wildman–Crippen LogP) is -0.739. The molecule has 1 aliphatic carbocycles. The zero-order valence-electron chi connectivity index (χ0n) is 18.5. The molecule has 33 heavy (non-hydrogen) atoms. The average Bonchev–Trinajstić information content (AvgIpc) is 3.57. The fourth-order valence-corrected chi connectivity index (χ4v) is 5.76. The second kappa shape index (κ2) is 9.27. The highest BCUT2D eigenvalue weighted by Crippen LogP contribution is 2.37. The van der Waals surface area contributed by atoms with E-state index in [1.54, 1.807) is 6.07 Å². The van der Waals surface area contributed by atoms with E-state index >= 15 is 0 Å². The molecule has 2 saturated heterocycles. The third-order valence-corrected chi connectivity index (χ3v) is 7.76. The highest BCUT2D eigenvalue weighted by molar-refractivity contribution is 7.89. The summed E-state index contributed by atoms with van der Waals surface area (Å²) in [5.41, 5.74) is 5.75. The van der Waals surface area contributed by atoms with Crippen LogP contribution in [0.5, 0.6) is 5.75 Å². The Morgan fingerprint density at radius 1 is 1.15 bits per heavy atom. The summed E-state index contributed by atoms with van der Waals surface area (Å²) in [7, 11) is -3.09. The number of carbonyl (C=O) groups excluding carboxylic acids is 3. The van der Waals surface area contributed by atoms with Gasteiger partial charge in [0, 0.05) is 45.2 Å². The zero-order valence-corrected chi connectivity index (χ0v) is 19.3. The highest BCUT2D eigenvalue weighted by atomic mass is 32.2. The maximum Gasteiger partial charge on any atom is 0.250 e. The van der Waals surface area contributed by atoms with Crippen molar-refractivity contribution in [1.82, 2.24) is 14.5 Å². The maximum atomic E-state index is 13.2. The lowest BCUT2D eigenvalue weighted by atomic mass is 10.2. The monoisotopic (exact) mass is 479 g/mol. The second-order valence-corrected chi connectivity index (χ2v) is 10.2. The number of para-hydroxylation sites is 1. The molecule has 0 aromatic heterocycles. The fourth-order valence-electron chi connectivity index (χ4n) is 4.41. The van der Waals surface area contributed by atoms with E-state index in [0.717, 1.165) is 12.8 Å². The molecule has 2 heterocycles. The second-order valence-electron chi connectivity index (χ2n) is 8.51. The van der Waals surface area contributed by atoms with Crippen LogP contribution < -0.4 is 20.1 Å². The van der Waals surface area contributed by atoms with Crippen molar-refractivity contribution >= 4 is 33.4 Å². The van der Waals surface area contributed by atoms with Crippen molar-refractivity contribution in [2.24, 2.45) is 5.73 Å². The standard InChI is InChI=1S/C21H29N5O6S/c1-32-19-15(26-9-3-6-17(26)27)4-2-5-16(19)33(30,31)23-18(20(22)28)21(29)25-12-10-24(11-13-25)14-7-8-14/h2,4-5,14,18,23H,3,6-13H2,1H3,(H2,22,28)/t18-/m0/s1. The van der Waals surface area contributed by atoms with Gasteiger partial charge in [0.25, 0.3) is 5.91 Å². The van der Waals surface area contributed by atoms with E-state index in [1.807, 2.05) is 0 Å². The van der Waals surface area contributed by atoms with Crippen LogP contribution >= 0.6 is 0 Å². The number of hydrogen-bond acceptors (Lipinski definition) is 7. The van der Waals surface area contributed by atoms with Crippen LogP contribution in [0.4, 0.5) is 5.69 Å². The molecule has 1 atom stereocenters. The molecule has 3 N–H and O–H groups in total. The van der Waals surface area contributed by atoms with Crippen LogP contribution in [0, 0.1) is 0 Å². The number of hydrogen-bond donors (Lipinski definition) is 2. The van der Waals surface area contributed by atoms with Crippen molar-refractivity contribution in [3.63, 3.8) is 0 Å². The topological polar surface area (TPSA) is 142 Å². The van der Waals surface area contributed by atoms with Crippen LogP contribution in [-0.2, 0) is 24.4 Å². The molecule has 4 rings (SSSR count). The Balaban J connectivity index is 1.55. The SMILES string of the molecule is COc1c(N2CCCC2=O)cccc1S(=O)(=O)N[C@@H](C(N)=O)C(=O)N1CCN(C2CC2)CC1. The molecule has 1 aromatic rings. The molecule has 0 radical (unpaired) electrons. The Hall–Kier alpha value is -2.70. The Kier molecular flexibility index (Phi) is 6.59. The van der Waals surface area contributed by atoms with Crippen LogP contribution in [0.1, 0.15) is 25.7 Å². The number of nitrogens with two attached hydrogens (primary N) is 1. The Morgan fingerprint density at radius 3 is 2.39 bits per heavy atom. The summed E-state index contributed by atoms with van der Waals surface area (Å²) in [5, 5.41) is 0. The number of nitrogens with one attached hydrogen (secondary N) is 1. The van der Waals surface area contributed by atoms with E-state index in [-0.39, 0.29) is 16.6 Å². The van der Waals surface area contributed by atoms with E-state index in [4.69, 9.17) is 10.5 Å². The van der Waals surface area contributed by atoms with Crippen molar-refractivity contribution < 1.29 is 27.5 Å². The van der Waals surface area contributed by atoms with Gasteiger partial charge < -0.3 is 20.3 Å². The Bertz CT molecular complexity index is 1050. The molecular formula is C21H29N5O6S. The zero-order chi connectivity index (χ0) is 23.8. The molecule has 0 spiro atoms. The third kappa shape index (κ3) is 4.82. The van der Waals surface area contributed by atoms with Crippen LogP contribution in [0.15, 0.2) is 23.1 Å². The van der Waals surface area contributed by atoms with Gasteiger partial charge in [0.15, 0.2) is 11.8 Å². The van der Waals surface area contributed by atoms with Crippen molar-refractivity contribution in [2.45, 2.75) is 42.7 Å². The molecule has 3 aliphatic rings. The van der Waals surface area contributed by atoms with Crippen molar-refractivity contribution in [3.05, 3.63) is 18.2 Å². The molecular weight excluding hydrogens is 450 g/mol. The summed E-state index contributed by atoms with van der Waals surface area (Å²) in [6.45, 7) is 2.59. The minimum atomic E-state index is -4.39. The van der Waals surface area contributed by atoms with Gasteiger partial charge in [0.1, 0.15) is 4.90 Å². The van der Waals surface area contributed by atoms with Gasteiger partial charge in [-0.3, -0.25) is 19.3 Å². The third-order valence-electron chi connectivity index (χ3n) is 6.31. The molecule has 3 amide bonds. The largest absolute Gasteiger partial charge is 0.493 e. The number of piperazine rings is 1. The number of methoxy groups -OCH3 is 1. The fraction of sp³-hybridized carbons (Fsp3) is 0.571. The van der Waals surface area contributed by atoms with E-state index in [2.05, 4.69) is 9.62 Å². The van der Waals surface area contributed by atoms with E-state index < -0.39 is 27.9 Å². The van der Waals surface area contributed by atoms with Gasteiger partial charge in [-0.1, -0.05) is 6.07 Å². The number of amides is 3. The van der Waals surface area contributed by atoms with Crippen LogP contribution in [0.3, 0.4) is 0 Å². The Morgan fingerprint density at radius 2 is 1.85 bits per heavy atom. The molecule has 180 valence electrons. The van der Waals surface area contributed by atoms with Gasteiger partial charge in [-0.15, -0.1) is 0 Å². The quantitative estimate of drug-likeness (QED) is 0.468. The highest BCUT2D eigenvalue weighted by Gasteiger charge is 2.38. The molecule has 11 nitrogen and oxygen atoms in total. The van der Waals surface area contributed by atoms with Gasteiger partial charge in [-0.05, 0) is 31.4 Å². The normalized spacial score (nSPS) is 20.7. The van der Waals surface area contributed by atoms with E-state index in [9.17, 15) is 22.8 Å². The summed E-state index contributed by atoms with van der Waals surface area (Å²) in [4.78, 5) is 42.3. The molecule has 1 saturated carbocycles. The summed E-state index contributed by atoms with van der Waals surface area (Å²) in [5.74, 6) is -1.93. The lowest BCUT2D eigenvalue weighted by Crippen LogP contribution is -2.58. The van der Waals surface area contributed by atoms with Gasteiger partial charge in [0.05, 0.1) is 12.8 Å². The van der Waals surface area contributed by atoms with E-state index in [0.29, 0.717) is 57.3 Å². The van der Waals surface area contributed by atoms with Crippen molar-refractivity contribution in [2.75, 3.05) is 44.7 Å². The van der Waals surface area contributed by atoms with E-state index in [1.165, 1.54) is 29.0 Å². The first-order valence-corrected chi connectivity index (χ1v) is 12.5. The number of carbonyl (C=O) groups is 3. The van der Waals surface area contributed by atoms with Crippen LogP contribution in [0.2, 0.25) is 0 Å². The number of ether oxygens (including phenoxy) is 1. The number of rotatable bonds is 8. The van der Waals surface area contributed by atoms with Gasteiger partial charge >= 0.3 is 0 Å². The van der Waals surface area contributed by atoms with Crippen LogP contribution in [-0.4, -0.2) is 87.9 Å². The summed E-state index contributed by atoms with van der Waals surface area (Å²) < 4.78 is 34.0.